The normalized spacial score (nSPS) is 17.8. The van der Waals surface area contributed by atoms with E-state index in [1.165, 1.54) is 32.1 Å². The van der Waals surface area contributed by atoms with Crippen LogP contribution in [0.3, 0.4) is 0 Å². The van der Waals surface area contributed by atoms with Gasteiger partial charge in [0.2, 0.25) is 0 Å². The monoisotopic (exact) mass is 407 g/mol. The highest BCUT2D eigenvalue weighted by Crippen LogP contribution is 2.16. The van der Waals surface area contributed by atoms with Gasteiger partial charge < -0.3 is 15.1 Å². The molecule has 0 saturated carbocycles. The molecule has 1 aromatic carbocycles. The van der Waals surface area contributed by atoms with Crippen molar-refractivity contribution >= 4 is 17.5 Å². The molecule has 7 heteroatoms. The predicted molar refractivity (Wildman–Crippen MR) is 117 cm³/mol. The van der Waals surface area contributed by atoms with Gasteiger partial charge in [0.1, 0.15) is 0 Å². The third-order valence-electron chi connectivity index (χ3n) is 5.88. The molecule has 2 fully saturated rings. The SMILES string of the molecule is O=C(Nc1cccc(C(=O)N2CCN(CCN3CCCC3)CC2)c1)c1cccnc1. The van der Waals surface area contributed by atoms with Gasteiger partial charge in [0.25, 0.3) is 11.8 Å². The zero-order chi connectivity index (χ0) is 20.8. The van der Waals surface area contributed by atoms with E-state index in [1.807, 2.05) is 11.0 Å². The molecule has 0 atom stereocenters. The fourth-order valence-electron chi connectivity index (χ4n) is 4.08. The lowest BCUT2D eigenvalue weighted by molar-refractivity contribution is 0.0626. The molecular formula is C23H29N5O2. The summed E-state index contributed by atoms with van der Waals surface area (Å²) in [6.45, 7) is 7.98. The van der Waals surface area contributed by atoms with E-state index < -0.39 is 0 Å². The molecule has 0 bridgehead atoms. The second-order valence-corrected chi connectivity index (χ2v) is 7.96. The van der Waals surface area contributed by atoms with Crippen LogP contribution in [0, 0.1) is 0 Å². The minimum absolute atomic E-state index is 0.0201. The number of carbonyl (C=O) groups excluding carboxylic acids is 2. The van der Waals surface area contributed by atoms with Crippen LogP contribution in [0.25, 0.3) is 0 Å². The maximum atomic E-state index is 13.0. The maximum absolute atomic E-state index is 13.0. The van der Waals surface area contributed by atoms with Crippen molar-refractivity contribution in [2.75, 3.05) is 57.7 Å². The third-order valence-corrected chi connectivity index (χ3v) is 5.88. The predicted octanol–water partition coefficient (Wildman–Crippen LogP) is 2.19. The van der Waals surface area contributed by atoms with Crippen molar-refractivity contribution in [3.63, 3.8) is 0 Å². The molecule has 30 heavy (non-hydrogen) atoms. The number of rotatable bonds is 6. The van der Waals surface area contributed by atoms with Crippen LogP contribution in [0.2, 0.25) is 0 Å². The molecule has 0 spiro atoms. The second kappa shape index (κ2) is 9.82. The maximum Gasteiger partial charge on any atom is 0.257 e. The summed E-state index contributed by atoms with van der Waals surface area (Å²) in [4.78, 5) is 36.2. The first kappa shape index (κ1) is 20.5. The van der Waals surface area contributed by atoms with Gasteiger partial charge in [-0.3, -0.25) is 19.5 Å². The number of piperazine rings is 1. The van der Waals surface area contributed by atoms with Crippen molar-refractivity contribution in [1.82, 2.24) is 19.7 Å². The zero-order valence-corrected chi connectivity index (χ0v) is 17.3. The Bertz CT molecular complexity index is 859. The molecule has 3 heterocycles. The summed E-state index contributed by atoms with van der Waals surface area (Å²) in [7, 11) is 0. The highest BCUT2D eigenvalue weighted by Gasteiger charge is 2.23. The minimum Gasteiger partial charge on any atom is -0.336 e. The smallest absolute Gasteiger partial charge is 0.257 e. The largest absolute Gasteiger partial charge is 0.336 e. The lowest BCUT2D eigenvalue weighted by Gasteiger charge is -2.35. The number of likely N-dealkylation sites (tertiary alicyclic amines) is 1. The topological polar surface area (TPSA) is 68.8 Å². The Morgan fingerprint density at radius 1 is 0.867 bits per heavy atom. The van der Waals surface area contributed by atoms with Crippen molar-refractivity contribution in [2.24, 2.45) is 0 Å². The number of hydrogen-bond donors (Lipinski definition) is 1. The van der Waals surface area contributed by atoms with Gasteiger partial charge in [0.15, 0.2) is 0 Å². The summed E-state index contributed by atoms with van der Waals surface area (Å²) in [6.07, 6.45) is 5.80. The van der Waals surface area contributed by atoms with Crippen LogP contribution in [0.5, 0.6) is 0 Å². The summed E-state index contributed by atoms with van der Waals surface area (Å²) >= 11 is 0. The van der Waals surface area contributed by atoms with E-state index in [2.05, 4.69) is 20.1 Å². The van der Waals surface area contributed by atoms with Crippen molar-refractivity contribution in [2.45, 2.75) is 12.8 Å². The van der Waals surface area contributed by atoms with Gasteiger partial charge in [-0.25, -0.2) is 0 Å². The molecule has 158 valence electrons. The Morgan fingerprint density at radius 3 is 2.27 bits per heavy atom. The Hall–Kier alpha value is -2.77. The van der Waals surface area contributed by atoms with Crippen LogP contribution in [0.1, 0.15) is 33.6 Å². The van der Waals surface area contributed by atoms with Gasteiger partial charge in [-0.05, 0) is 56.3 Å². The molecule has 0 unspecified atom stereocenters. The first-order chi connectivity index (χ1) is 14.7. The molecule has 2 aliphatic rings. The van der Waals surface area contributed by atoms with Crippen LogP contribution in [0.4, 0.5) is 5.69 Å². The van der Waals surface area contributed by atoms with Crippen LogP contribution >= 0.6 is 0 Å². The fraction of sp³-hybridized carbons (Fsp3) is 0.435. The number of nitrogens with zero attached hydrogens (tertiary/aromatic N) is 4. The number of hydrogen-bond acceptors (Lipinski definition) is 5. The number of carbonyl (C=O) groups is 2. The summed E-state index contributed by atoms with van der Waals surface area (Å²) in [5.74, 6) is -0.217. The van der Waals surface area contributed by atoms with Crippen molar-refractivity contribution in [3.8, 4) is 0 Å². The molecule has 1 aromatic heterocycles. The standard InChI is InChI=1S/C23H29N5O2/c29-22(20-6-4-8-24-18-20)25-21-7-3-5-19(17-21)23(30)28-15-13-27(14-16-28)12-11-26-9-1-2-10-26/h3-8,17-18H,1-2,9-16H2,(H,25,29). The van der Waals surface area contributed by atoms with E-state index in [-0.39, 0.29) is 11.8 Å². The van der Waals surface area contributed by atoms with Crippen molar-refractivity contribution in [1.29, 1.82) is 0 Å². The van der Waals surface area contributed by atoms with E-state index in [9.17, 15) is 9.59 Å². The molecule has 0 aliphatic carbocycles. The zero-order valence-electron chi connectivity index (χ0n) is 17.3. The Kier molecular flexibility index (Phi) is 6.71. The van der Waals surface area contributed by atoms with Crippen LogP contribution in [-0.2, 0) is 0 Å². The van der Waals surface area contributed by atoms with E-state index in [1.54, 1.807) is 36.5 Å². The average molecular weight is 408 g/mol. The van der Waals surface area contributed by atoms with Gasteiger partial charge in [-0.2, -0.15) is 0 Å². The number of benzene rings is 1. The fourth-order valence-corrected chi connectivity index (χ4v) is 4.08. The number of aromatic nitrogens is 1. The number of pyridine rings is 1. The highest BCUT2D eigenvalue weighted by molar-refractivity contribution is 6.04. The summed E-state index contributed by atoms with van der Waals surface area (Å²) in [5.41, 5.74) is 1.70. The Morgan fingerprint density at radius 2 is 1.57 bits per heavy atom. The lowest BCUT2D eigenvalue weighted by Crippen LogP contribution is -2.50. The van der Waals surface area contributed by atoms with E-state index in [0.717, 1.165) is 39.3 Å². The summed E-state index contributed by atoms with van der Waals surface area (Å²) < 4.78 is 0. The molecule has 2 amide bonds. The van der Waals surface area contributed by atoms with Gasteiger partial charge in [-0.1, -0.05) is 6.07 Å². The molecular weight excluding hydrogens is 378 g/mol. The second-order valence-electron chi connectivity index (χ2n) is 7.96. The van der Waals surface area contributed by atoms with Crippen LogP contribution < -0.4 is 5.32 Å². The van der Waals surface area contributed by atoms with Gasteiger partial charge >= 0.3 is 0 Å². The lowest BCUT2D eigenvalue weighted by atomic mass is 10.1. The molecule has 1 N–H and O–H groups in total. The minimum atomic E-state index is -0.237. The van der Waals surface area contributed by atoms with E-state index in [0.29, 0.717) is 16.8 Å². The first-order valence-electron chi connectivity index (χ1n) is 10.7. The van der Waals surface area contributed by atoms with Gasteiger partial charge in [0, 0.05) is 62.9 Å². The first-order valence-corrected chi connectivity index (χ1v) is 10.7. The van der Waals surface area contributed by atoms with E-state index >= 15 is 0 Å². The summed E-state index contributed by atoms with van der Waals surface area (Å²) in [5, 5.41) is 2.84. The van der Waals surface area contributed by atoms with Crippen LogP contribution in [0.15, 0.2) is 48.8 Å². The molecule has 2 aliphatic heterocycles. The van der Waals surface area contributed by atoms with Crippen LogP contribution in [-0.4, -0.2) is 83.9 Å². The molecule has 2 aromatic rings. The van der Waals surface area contributed by atoms with Crippen molar-refractivity contribution < 1.29 is 9.59 Å². The quantitative estimate of drug-likeness (QED) is 0.795. The van der Waals surface area contributed by atoms with Gasteiger partial charge in [-0.15, -0.1) is 0 Å². The average Bonchev–Trinajstić information content (AvgIpc) is 3.32. The molecule has 0 radical (unpaired) electrons. The van der Waals surface area contributed by atoms with Gasteiger partial charge in [0.05, 0.1) is 5.56 Å². The molecule has 2 saturated heterocycles. The highest BCUT2D eigenvalue weighted by atomic mass is 16.2. The van der Waals surface area contributed by atoms with Crippen molar-refractivity contribution in [3.05, 3.63) is 59.9 Å². The Labute approximate surface area is 177 Å². The van der Waals surface area contributed by atoms with E-state index in [4.69, 9.17) is 0 Å². The summed E-state index contributed by atoms with van der Waals surface area (Å²) in [6, 6.07) is 10.6. The Balaban J connectivity index is 1.29. The number of nitrogens with one attached hydrogen (secondary N) is 1. The molecule has 7 nitrogen and oxygen atoms in total. The molecule has 4 rings (SSSR count). The number of amides is 2. The number of anilines is 1. The third kappa shape index (κ3) is 5.23.